The van der Waals surface area contributed by atoms with Crippen LogP contribution in [-0.4, -0.2) is 36.3 Å². The molecular weight excluding hydrogens is 436 g/mol. The van der Waals surface area contributed by atoms with Crippen LogP contribution in [0.1, 0.15) is 36.8 Å². The lowest BCUT2D eigenvalue weighted by atomic mass is 9.96. The Labute approximate surface area is 192 Å². The van der Waals surface area contributed by atoms with Gasteiger partial charge in [0.05, 0.1) is 0 Å². The molecule has 0 aliphatic carbocycles. The van der Waals surface area contributed by atoms with Crippen LogP contribution in [0.3, 0.4) is 0 Å². The van der Waals surface area contributed by atoms with Crippen molar-refractivity contribution < 1.29 is 18.4 Å². The number of halogens is 3. The summed E-state index contributed by atoms with van der Waals surface area (Å²) in [4.78, 5) is 27.0. The lowest BCUT2D eigenvalue weighted by Crippen LogP contribution is -2.41. The van der Waals surface area contributed by atoms with E-state index < -0.39 is 17.6 Å². The maximum Gasteiger partial charge on any atom is 0.223 e. The predicted octanol–water partition coefficient (Wildman–Crippen LogP) is 4.04. The normalized spacial score (nSPS) is 19.8. The fourth-order valence-electron chi connectivity index (χ4n) is 3.95. The summed E-state index contributed by atoms with van der Waals surface area (Å²) in [6.45, 7) is 1.20. The topological polar surface area (TPSA) is 61.4 Å². The van der Waals surface area contributed by atoms with Gasteiger partial charge in [-0.05, 0) is 48.2 Å². The van der Waals surface area contributed by atoms with E-state index >= 15 is 0 Å². The third kappa shape index (κ3) is 7.28. The van der Waals surface area contributed by atoms with Crippen molar-refractivity contribution in [1.82, 2.24) is 15.5 Å². The fraction of sp³-hybridized carbons (Fsp3) is 0.417. The molecule has 0 unspecified atom stereocenters. The van der Waals surface area contributed by atoms with Crippen molar-refractivity contribution >= 4 is 23.4 Å². The van der Waals surface area contributed by atoms with Gasteiger partial charge in [0.2, 0.25) is 11.8 Å². The minimum absolute atomic E-state index is 0.0118. The Balaban J connectivity index is 1.56. The molecule has 1 heterocycles. The highest BCUT2D eigenvalue weighted by molar-refractivity contribution is 6.30. The van der Waals surface area contributed by atoms with Crippen molar-refractivity contribution in [1.29, 1.82) is 0 Å². The summed E-state index contributed by atoms with van der Waals surface area (Å²) in [5, 5.41) is 6.89. The Hall–Kier alpha value is -2.51. The molecule has 2 N–H and O–H groups in total. The van der Waals surface area contributed by atoms with Crippen LogP contribution in [-0.2, 0) is 22.7 Å². The molecule has 0 bridgehead atoms. The van der Waals surface area contributed by atoms with Crippen molar-refractivity contribution in [2.45, 2.75) is 44.8 Å². The van der Waals surface area contributed by atoms with E-state index in [0.29, 0.717) is 30.1 Å². The van der Waals surface area contributed by atoms with Gasteiger partial charge in [-0.2, -0.15) is 0 Å². The van der Waals surface area contributed by atoms with Crippen LogP contribution in [0.4, 0.5) is 8.78 Å². The zero-order valence-electron chi connectivity index (χ0n) is 18.0. The van der Waals surface area contributed by atoms with E-state index in [1.165, 1.54) is 12.1 Å². The third-order valence-corrected chi connectivity index (χ3v) is 5.93. The summed E-state index contributed by atoms with van der Waals surface area (Å²) in [5.41, 5.74) is 1.41. The number of hydrogen-bond donors (Lipinski definition) is 2. The molecule has 0 radical (unpaired) electrons. The van der Waals surface area contributed by atoms with Gasteiger partial charge in [-0.25, -0.2) is 8.78 Å². The summed E-state index contributed by atoms with van der Waals surface area (Å²) in [7, 11) is 1.74. The molecule has 2 aromatic carbocycles. The zero-order chi connectivity index (χ0) is 23.1. The lowest BCUT2D eigenvalue weighted by molar-refractivity contribution is -0.135. The second-order valence-corrected chi connectivity index (χ2v) is 8.75. The predicted molar refractivity (Wildman–Crippen MR) is 120 cm³/mol. The van der Waals surface area contributed by atoms with Gasteiger partial charge in [0, 0.05) is 56.2 Å². The number of carbonyl (C=O) groups is 2. The Morgan fingerprint density at radius 1 is 1.09 bits per heavy atom. The van der Waals surface area contributed by atoms with Gasteiger partial charge >= 0.3 is 0 Å². The maximum atomic E-state index is 13.4. The Morgan fingerprint density at radius 2 is 1.84 bits per heavy atom. The van der Waals surface area contributed by atoms with E-state index in [4.69, 9.17) is 11.6 Å². The molecule has 8 heteroatoms. The monoisotopic (exact) mass is 463 g/mol. The van der Waals surface area contributed by atoms with Crippen molar-refractivity contribution in [2.75, 3.05) is 13.6 Å². The standard InChI is InChI=1S/C24H28ClF2N3O2/c1-30-15-22(28-13-16-4-2-6-19(25)8-16)7-3-5-18(11-23(30)31)24(32)29-14-17-9-20(26)12-21(27)10-17/h2,4,6,8-10,12,18,22,28H,3,5,7,11,13-15H2,1H3,(H,29,32)/t18-,22-/m1/s1. The molecule has 1 saturated heterocycles. The molecule has 0 saturated carbocycles. The first-order valence-electron chi connectivity index (χ1n) is 10.7. The average Bonchev–Trinajstić information content (AvgIpc) is 2.80. The molecule has 2 aromatic rings. The van der Waals surface area contributed by atoms with Crippen molar-refractivity contribution in [3.8, 4) is 0 Å². The van der Waals surface area contributed by atoms with Gasteiger partial charge in [-0.1, -0.05) is 30.2 Å². The SMILES string of the molecule is CN1C[C@H](NCc2cccc(Cl)c2)CCC[C@@H](C(=O)NCc2cc(F)cc(F)c2)CC1=O. The van der Waals surface area contributed by atoms with Crippen LogP contribution in [0.2, 0.25) is 5.02 Å². The highest BCUT2D eigenvalue weighted by atomic mass is 35.5. The Morgan fingerprint density at radius 3 is 2.56 bits per heavy atom. The van der Waals surface area contributed by atoms with Gasteiger partial charge in [0.25, 0.3) is 0 Å². The Kier molecular flexibility index (Phi) is 8.59. The maximum absolute atomic E-state index is 13.4. The minimum atomic E-state index is -0.690. The molecule has 0 spiro atoms. The summed E-state index contributed by atoms with van der Waals surface area (Å²) in [5.74, 6) is -2.23. The Bertz CT molecular complexity index is 936. The van der Waals surface area contributed by atoms with Crippen LogP contribution in [0, 0.1) is 17.6 Å². The van der Waals surface area contributed by atoms with Crippen LogP contribution >= 0.6 is 11.6 Å². The highest BCUT2D eigenvalue weighted by Crippen LogP contribution is 2.20. The number of amides is 2. The molecular formula is C24H28ClF2N3O2. The first-order chi connectivity index (χ1) is 15.3. The lowest BCUT2D eigenvalue weighted by Gasteiger charge is -2.24. The number of nitrogens with one attached hydrogen (secondary N) is 2. The van der Waals surface area contributed by atoms with Gasteiger partial charge < -0.3 is 15.5 Å². The van der Waals surface area contributed by atoms with E-state index in [9.17, 15) is 18.4 Å². The molecule has 3 rings (SSSR count). The van der Waals surface area contributed by atoms with E-state index in [-0.39, 0.29) is 30.8 Å². The van der Waals surface area contributed by atoms with Crippen molar-refractivity contribution in [3.05, 3.63) is 70.2 Å². The molecule has 2 atom stereocenters. The molecule has 0 aromatic heterocycles. The van der Waals surface area contributed by atoms with Gasteiger partial charge in [0.1, 0.15) is 11.6 Å². The second-order valence-electron chi connectivity index (χ2n) is 8.31. The summed E-state index contributed by atoms with van der Waals surface area (Å²) < 4.78 is 26.7. The second kappa shape index (κ2) is 11.4. The van der Waals surface area contributed by atoms with Crippen molar-refractivity contribution in [2.24, 2.45) is 5.92 Å². The smallest absolute Gasteiger partial charge is 0.223 e. The molecule has 32 heavy (non-hydrogen) atoms. The van der Waals surface area contributed by atoms with E-state index in [1.54, 1.807) is 11.9 Å². The van der Waals surface area contributed by atoms with Crippen LogP contribution in [0.25, 0.3) is 0 Å². The van der Waals surface area contributed by atoms with E-state index in [2.05, 4.69) is 10.6 Å². The van der Waals surface area contributed by atoms with Gasteiger partial charge in [-0.15, -0.1) is 0 Å². The summed E-state index contributed by atoms with van der Waals surface area (Å²) in [6, 6.07) is 10.9. The highest BCUT2D eigenvalue weighted by Gasteiger charge is 2.27. The van der Waals surface area contributed by atoms with Crippen LogP contribution in [0.5, 0.6) is 0 Å². The molecule has 172 valence electrons. The molecule has 1 fully saturated rings. The van der Waals surface area contributed by atoms with Crippen LogP contribution in [0.15, 0.2) is 42.5 Å². The van der Waals surface area contributed by atoms with E-state index in [0.717, 1.165) is 24.5 Å². The number of likely N-dealkylation sites (N-methyl/N-ethyl adjacent to an activating group) is 1. The number of hydrogen-bond acceptors (Lipinski definition) is 3. The first-order valence-corrected chi connectivity index (χ1v) is 11.1. The third-order valence-electron chi connectivity index (χ3n) is 5.69. The average molecular weight is 464 g/mol. The number of benzene rings is 2. The van der Waals surface area contributed by atoms with Crippen LogP contribution < -0.4 is 10.6 Å². The summed E-state index contributed by atoms with van der Waals surface area (Å²) in [6.07, 6.45) is 2.28. The zero-order valence-corrected chi connectivity index (χ0v) is 18.8. The fourth-order valence-corrected chi connectivity index (χ4v) is 4.16. The number of rotatable bonds is 6. The quantitative estimate of drug-likeness (QED) is 0.679. The first kappa shape index (κ1) is 24.1. The molecule has 5 nitrogen and oxygen atoms in total. The minimum Gasteiger partial charge on any atom is -0.352 e. The molecule has 1 aliphatic rings. The molecule has 1 aliphatic heterocycles. The van der Waals surface area contributed by atoms with Gasteiger partial charge in [0.15, 0.2) is 0 Å². The number of carbonyl (C=O) groups excluding carboxylic acids is 2. The van der Waals surface area contributed by atoms with Crippen molar-refractivity contribution in [3.63, 3.8) is 0 Å². The largest absolute Gasteiger partial charge is 0.352 e. The van der Waals surface area contributed by atoms with Gasteiger partial charge in [-0.3, -0.25) is 9.59 Å². The molecule has 2 amide bonds. The summed E-state index contributed by atoms with van der Waals surface area (Å²) >= 11 is 6.05. The van der Waals surface area contributed by atoms with E-state index in [1.807, 2.05) is 24.3 Å². The number of nitrogens with zero attached hydrogens (tertiary/aromatic N) is 1.